The van der Waals surface area contributed by atoms with Crippen molar-refractivity contribution in [2.75, 3.05) is 25.1 Å². The zero-order valence-electron chi connectivity index (χ0n) is 11.8. The van der Waals surface area contributed by atoms with Gasteiger partial charge >= 0.3 is 0 Å². The standard InChI is InChI=1S/C11H24N2O4S2/c1-4-11(2,9-12)13(3)19(16,17)10-5-7-18(14,15)8-6-10/h10H,4-9,12H2,1-3H3. The minimum Gasteiger partial charge on any atom is -0.329 e. The van der Waals surface area contributed by atoms with Gasteiger partial charge in [-0.1, -0.05) is 6.92 Å². The Morgan fingerprint density at radius 1 is 1.32 bits per heavy atom. The monoisotopic (exact) mass is 312 g/mol. The van der Waals surface area contributed by atoms with Crippen LogP contribution in [0.25, 0.3) is 0 Å². The van der Waals surface area contributed by atoms with Crippen LogP contribution in [0, 0.1) is 0 Å². The van der Waals surface area contributed by atoms with Crippen LogP contribution >= 0.6 is 0 Å². The van der Waals surface area contributed by atoms with Gasteiger partial charge in [-0.3, -0.25) is 0 Å². The highest BCUT2D eigenvalue weighted by molar-refractivity contribution is 7.92. The lowest BCUT2D eigenvalue weighted by atomic mass is 10.00. The molecule has 19 heavy (non-hydrogen) atoms. The molecule has 1 aliphatic rings. The molecule has 1 aliphatic heterocycles. The van der Waals surface area contributed by atoms with Crippen LogP contribution < -0.4 is 5.73 Å². The van der Waals surface area contributed by atoms with Crippen molar-refractivity contribution >= 4 is 19.9 Å². The summed E-state index contributed by atoms with van der Waals surface area (Å²) < 4.78 is 49.2. The summed E-state index contributed by atoms with van der Waals surface area (Å²) in [6.07, 6.45) is 0.975. The Kier molecular flexibility index (Phi) is 5.03. The molecule has 8 heteroatoms. The van der Waals surface area contributed by atoms with Crippen LogP contribution in [0.15, 0.2) is 0 Å². The molecular weight excluding hydrogens is 288 g/mol. The van der Waals surface area contributed by atoms with Gasteiger partial charge in [-0.05, 0) is 26.2 Å². The minimum absolute atomic E-state index is 0.0454. The lowest BCUT2D eigenvalue weighted by Gasteiger charge is -2.39. The number of nitrogens with two attached hydrogens (primary N) is 1. The van der Waals surface area contributed by atoms with Gasteiger partial charge in [-0.2, -0.15) is 4.31 Å². The van der Waals surface area contributed by atoms with Crippen LogP contribution in [0.5, 0.6) is 0 Å². The number of sulfonamides is 1. The van der Waals surface area contributed by atoms with E-state index in [1.165, 1.54) is 11.4 Å². The molecule has 1 fully saturated rings. The van der Waals surface area contributed by atoms with Crippen molar-refractivity contribution in [3.8, 4) is 0 Å². The third-order valence-corrected chi connectivity index (χ3v) is 8.50. The second kappa shape index (κ2) is 5.67. The van der Waals surface area contributed by atoms with E-state index in [0.29, 0.717) is 6.42 Å². The van der Waals surface area contributed by atoms with Crippen molar-refractivity contribution in [1.82, 2.24) is 4.31 Å². The van der Waals surface area contributed by atoms with Gasteiger partial charge < -0.3 is 5.73 Å². The van der Waals surface area contributed by atoms with Gasteiger partial charge in [0.25, 0.3) is 0 Å². The molecule has 0 bridgehead atoms. The minimum atomic E-state index is -3.51. The summed E-state index contributed by atoms with van der Waals surface area (Å²) in [5.74, 6) is -0.0909. The summed E-state index contributed by atoms with van der Waals surface area (Å²) in [4.78, 5) is 0. The van der Waals surface area contributed by atoms with Gasteiger partial charge in [-0.15, -0.1) is 0 Å². The Morgan fingerprint density at radius 2 is 1.79 bits per heavy atom. The largest absolute Gasteiger partial charge is 0.329 e. The number of hydrogen-bond donors (Lipinski definition) is 1. The van der Waals surface area contributed by atoms with Crippen LogP contribution in [-0.2, 0) is 19.9 Å². The Hall–Kier alpha value is -0.180. The molecule has 2 N–H and O–H groups in total. The first-order valence-corrected chi connectivity index (χ1v) is 9.80. The lowest BCUT2D eigenvalue weighted by molar-refractivity contribution is 0.237. The molecule has 0 radical (unpaired) electrons. The molecule has 1 saturated heterocycles. The van der Waals surface area contributed by atoms with Gasteiger partial charge in [0.15, 0.2) is 0 Å². The Morgan fingerprint density at radius 3 is 2.16 bits per heavy atom. The van der Waals surface area contributed by atoms with Crippen molar-refractivity contribution in [1.29, 1.82) is 0 Å². The number of hydrogen-bond acceptors (Lipinski definition) is 5. The van der Waals surface area contributed by atoms with Crippen LogP contribution in [0.3, 0.4) is 0 Å². The molecule has 6 nitrogen and oxygen atoms in total. The maximum atomic E-state index is 12.5. The zero-order valence-corrected chi connectivity index (χ0v) is 13.4. The predicted molar refractivity (Wildman–Crippen MR) is 76.1 cm³/mol. The number of likely N-dealkylation sites (N-methyl/N-ethyl adjacent to an activating group) is 1. The molecule has 0 aromatic heterocycles. The van der Waals surface area contributed by atoms with Crippen molar-refractivity contribution < 1.29 is 16.8 Å². The first-order chi connectivity index (χ1) is 8.59. The summed E-state index contributed by atoms with van der Waals surface area (Å²) in [5, 5.41) is -0.613. The molecule has 1 rings (SSSR count). The van der Waals surface area contributed by atoms with Crippen molar-refractivity contribution in [2.45, 2.75) is 43.9 Å². The third-order valence-electron chi connectivity index (χ3n) is 4.27. The molecule has 0 aromatic carbocycles. The van der Waals surface area contributed by atoms with E-state index in [-0.39, 0.29) is 30.9 Å². The van der Waals surface area contributed by atoms with Crippen molar-refractivity contribution in [2.24, 2.45) is 5.73 Å². The molecule has 0 aliphatic carbocycles. The summed E-state index contributed by atoms with van der Waals surface area (Å²) in [5.41, 5.74) is 5.07. The quantitative estimate of drug-likeness (QED) is 0.768. The zero-order chi connectivity index (χ0) is 14.9. The van der Waals surface area contributed by atoms with Gasteiger partial charge in [-0.25, -0.2) is 16.8 Å². The molecule has 1 atom stereocenters. The predicted octanol–water partition coefficient (Wildman–Crippen LogP) is -0.0474. The average molecular weight is 312 g/mol. The normalized spacial score (nSPS) is 24.3. The van der Waals surface area contributed by atoms with E-state index in [2.05, 4.69) is 0 Å². The van der Waals surface area contributed by atoms with E-state index in [4.69, 9.17) is 5.73 Å². The summed E-state index contributed by atoms with van der Waals surface area (Å²) in [6, 6.07) is 0. The van der Waals surface area contributed by atoms with Gasteiger partial charge in [0.1, 0.15) is 9.84 Å². The van der Waals surface area contributed by atoms with Gasteiger partial charge in [0.05, 0.1) is 16.8 Å². The molecule has 114 valence electrons. The van der Waals surface area contributed by atoms with Gasteiger partial charge in [0.2, 0.25) is 10.0 Å². The van der Waals surface area contributed by atoms with E-state index in [9.17, 15) is 16.8 Å². The van der Waals surface area contributed by atoms with Crippen molar-refractivity contribution in [3.63, 3.8) is 0 Å². The summed E-state index contributed by atoms with van der Waals surface area (Å²) >= 11 is 0. The van der Waals surface area contributed by atoms with E-state index < -0.39 is 30.6 Å². The first kappa shape index (κ1) is 16.9. The van der Waals surface area contributed by atoms with Crippen LogP contribution in [0.2, 0.25) is 0 Å². The Balaban J connectivity index is 2.93. The number of rotatable bonds is 5. The highest BCUT2D eigenvalue weighted by Crippen LogP contribution is 2.27. The average Bonchev–Trinajstić information content (AvgIpc) is 2.36. The smallest absolute Gasteiger partial charge is 0.217 e. The molecule has 0 amide bonds. The van der Waals surface area contributed by atoms with E-state index in [0.717, 1.165) is 0 Å². The van der Waals surface area contributed by atoms with Crippen molar-refractivity contribution in [3.05, 3.63) is 0 Å². The molecule has 1 heterocycles. The van der Waals surface area contributed by atoms with E-state index in [1.54, 1.807) is 0 Å². The fourth-order valence-corrected chi connectivity index (χ4v) is 6.08. The second-order valence-corrected chi connectivity index (χ2v) is 9.97. The number of nitrogens with zero attached hydrogens (tertiary/aromatic N) is 1. The highest BCUT2D eigenvalue weighted by atomic mass is 32.2. The summed E-state index contributed by atoms with van der Waals surface area (Å²) in [6.45, 7) is 3.94. The fraction of sp³-hybridized carbons (Fsp3) is 1.00. The first-order valence-electron chi connectivity index (χ1n) is 6.47. The maximum absolute atomic E-state index is 12.5. The van der Waals surface area contributed by atoms with E-state index in [1.807, 2.05) is 13.8 Å². The Bertz CT molecular complexity index is 495. The van der Waals surface area contributed by atoms with Gasteiger partial charge in [0, 0.05) is 19.1 Å². The van der Waals surface area contributed by atoms with E-state index >= 15 is 0 Å². The molecule has 1 unspecified atom stereocenters. The molecular formula is C11H24N2O4S2. The second-order valence-electron chi connectivity index (χ2n) is 5.42. The fourth-order valence-electron chi connectivity index (χ4n) is 2.19. The number of sulfone groups is 1. The van der Waals surface area contributed by atoms with Crippen LogP contribution in [-0.4, -0.2) is 57.0 Å². The third kappa shape index (κ3) is 3.48. The lowest BCUT2D eigenvalue weighted by Crippen LogP contribution is -2.55. The molecule has 0 aromatic rings. The Labute approximate surface area is 116 Å². The topological polar surface area (TPSA) is 97.5 Å². The molecule has 0 saturated carbocycles. The van der Waals surface area contributed by atoms with Crippen LogP contribution in [0.4, 0.5) is 0 Å². The highest BCUT2D eigenvalue weighted by Gasteiger charge is 2.41. The summed E-state index contributed by atoms with van der Waals surface area (Å²) in [7, 11) is -5.02. The van der Waals surface area contributed by atoms with Crippen LogP contribution in [0.1, 0.15) is 33.1 Å². The SMILES string of the molecule is CCC(C)(CN)N(C)S(=O)(=O)C1CCS(=O)(=O)CC1. The molecule has 0 spiro atoms. The maximum Gasteiger partial charge on any atom is 0.217 e.